The molecule has 1 aromatic carbocycles. The Hall–Kier alpha value is -1.35. The number of aryl methyl sites for hydroxylation is 1. The van der Waals surface area contributed by atoms with E-state index in [1.165, 1.54) is 18.4 Å². The lowest BCUT2D eigenvalue weighted by Gasteiger charge is -2.06. The highest BCUT2D eigenvalue weighted by Gasteiger charge is 2.20. The minimum Gasteiger partial charge on any atom is -0.381 e. The Kier molecular flexibility index (Phi) is 5.89. The number of hydrogen-bond acceptors (Lipinski definition) is 2. The highest BCUT2D eigenvalue weighted by molar-refractivity contribution is 5.76. The maximum Gasteiger partial charge on any atom is 0.220 e. The standard InChI is InChI=1S/C16H23NO2/c18-16(10-9-14-5-2-1-3-6-14)17-11-4-12-19-13-15-7-8-15/h1-3,5-6,15H,4,7-13H2,(H,17,18). The molecule has 0 heterocycles. The second-order valence-electron chi connectivity index (χ2n) is 5.21. The predicted octanol–water partition coefficient (Wildman–Crippen LogP) is 2.55. The maximum absolute atomic E-state index is 11.6. The molecule has 0 radical (unpaired) electrons. The Morgan fingerprint density at radius 2 is 2.05 bits per heavy atom. The molecule has 1 aliphatic rings. The third-order valence-corrected chi connectivity index (χ3v) is 3.32. The minimum atomic E-state index is 0.131. The quantitative estimate of drug-likeness (QED) is 0.694. The highest BCUT2D eigenvalue weighted by atomic mass is 16.5. The normalized spacial score (nSPS) is 14.3. The summed E-state index contributed by atoms with van der Waals surface area (Å²) in [7, 11) is 0. The van der Waals surface area contributed by atoms with E-state index in [-0.39, 0.29) is 5.91 Å². The van der Waals surface area contributed by atoms with Crippen LogP contribution in [0.5, 0.6) is 0 Å². The molecule has 0 aliphatic heterocycles. The largest absolute Gasteiger partial charge is 0.381 e. The molecule has 19 heavy (non-hydrogen) atoms. The Morgan fingerprint density at radius 1 is 1.26 bits per heavy atom. The van der Waals surface area contributed by atoms with Gasteiger partial charge in [-0.1, -0.05) is 30.3 Å². The third-order valence-electron chi connectivity index (χ3n) is 3.32. The molecule has 1 aliphatic carbocycles. The fourth-order valence-corrected chi connectivity index (χ4v) is 1.93. The molecule has 0 unspecified atom stereocenters. The summed E-state index contributed by atoms with van der Waals surface area (Å²) in [5, 5.41) is 2.94. The van der Waals surface area contributed by atoms with E-state index in [1.54, 1.807) is 0 Å². The molecular formula is C16H23NO2. The molecule has 104 valence electrons. The zero-order valence-electron chi connectivity index (χ0n) is 11.4. The molecule has 0 saturated heterocycles. The van der Waals surface area contributed by atoms with Gasteiger partial charge in [-0.25, -0.2) is 0 Å². The second-order valence-corrected chi connectivity index (χ2v) is 5.21. The first-order valence-electron chi connectivity index (χ1n) is 7.23. The van der Waals surface area contributed by atoms with E-state index in [9.17, 15) is 4.79 Å². The smallest absolute Gasteiger partial charge is 0.220 e. The number of carbonyl (C=O) groups excluding carboxylic acids is 1. The number of nitrogens with one attached hydrogen (secondary N) is 1. The van der Waals surface area contributed by atoms with Gasteiger partial charge in [-0.3, -0.25) is 4.79 Å². The van der Waals surface area contributed by atoms with Crippen molar-refractivity contribution < 1.29 is 9.53 Å². The molecule has 1 fully saturated rings. The van der Waals surface area contributed by atoms with E-state index in [0.29, 0.717) is 6.42 Å². The van der Waals surface area contributed by atoms with Crippen molar-refractivity contribution in [2.24, 2.45) is 5.92 Å². The van der Waals surface area contributed by atoms with Gasteiger partial charge >= 0.3 is 0 Å². The van der Waals surface area contributed by atoms with Gasteiger partial charge in [-0.2, -0.15) is 0 Å². The summed E-state index contributed by atoms with van der Waals surface area (Å²) in [6.07, 6.45) is 4.94. The van der Waals surface area contributed by atoms with Crippen LogP contribution in [-0.4, -0.2) is 25.7 Å². The fourth-order valence-electron chi connectivity index (χ4n) is 1.93. The summed E-state index contributed by atoms with van der Waals surface area (Å²) in [6, 6.07) is 10.1. The van der Waals surface area contributed by atoms with E-state index in [0.717, 1.165) is 38.5 Å². The van der Waals surface area contributed by atoms with Crippen LogP contribution in [0.2, 0.25) is 0 Å². The van der Waals surface area contributed by atoms with E-state index in [1.807, 2.05) is 18.2 Å². The average Bonchev–Trinajstić information content (AvgIpc) is 3.26. The van der Waals surface area contributed by atoms with Gasteiger partial charge < -0.3 is 10.1 Å². The summed E-state index contributed by atoms with van der Waals surface area (Å²) < 4.78 is 5.52. The lowest BCUT2D eigenvalue weighted by Crippen LogP contribution is -2.25. The number of carbonyl (C=O) groups is 1. The predicted molar refractivity (Wildman–Crippen MR) is 75.9 cm³/mol. The van der Waals surface area contributed by atoms with Gasteiger partial charge in [0.15, 0.2) is 0 Å². The lowest BCUT2D eigenvalue weighted by atomic mass is 10.1. The summed E-state index contributed by atoms with van der Waals surface area (Å²) in [4.78, 5) is 11.6. The van der Waals surface area contributed by atoms with Gasteiger partial charge in [-0.15, -0.1) is 0 Å². The van der Waals surface area contributed by atoms with Crippen molar-refractivity contribution in [3.8, 4) is 0 Å². The molecule has 0 bridgehead atoms. The zero-order chi connectivity index (χ0) is 13.3. The summed E-state index contributed by atoms with van der Waals surface area (Å²) >= 11 is 0. The molecule has 3 heteroatoms. The van der Waals surface area contributed by atoms with Crippen LogP contribution in [0.3, 0.4) is 0 Å². The molecule has 1 N–H and O–H groups in total. The maximum atomic E-state index is 11.6. The van der Waals surface area contributed by atoms with Gasteiger partial charge in [0.1, 0.15) is 0 Å². The molecule has 3 nitrogen and oxygen atoms in total. The Balaban J connectivity index is 1.45. The van der Waals surface area contributed by atoms with Crippen LogP contribution in [0.1, 0.15) is 31.2 Å². The Labute approximate surface area is 115 Å². The van der Waals surface area contributed by atoms with Crippen molar-refractivity contribution in [2.45, 2.75) is 32.1 Å². The van der Waals surface area contributed by atoms with Crippen molar-refractivity contribution in [3.63, 3.8) is 0 Å². The Morgan fingerprint density at radius 3 is 2.79 bits per heavy atom. The number of hydrogen-bond donors (Lipinski definition) is 1. The van der Waals surface area contributed by atoms with Gasteiger partial charge in [0, 0.05) is 26.2 Å². The topological polar surface area (TPSA) is 38.3 Å². The second kappa shape index (κ2) is 7.95. The summed E-state index contributed by atoms with van der Waals surface area (Å²) in [5.41, 5.74) is 1.21. The number of amides is 1. The van der Waals surface area contributed by atoms with Crippen molar-refractivity contribution in [1.82, 2.24) is 5.32 Å². The summed E-state index contributed by atoms with van der Waals surface area (Å²) in [6.45, 7) is 2.38. The zero-order valence-corrected chi connectivity index (χ0v) is 11.4. The molecule has 0 atom stereocenters. The molecule has 0 aromatic heterocycles. The third kappa shape index (κ3) is 6.39. The fraction of sp³-hybridized carbons (Fsp3) is 0.562. The van der Waals surface area contributed by atoms with Crippen LogP contribution >= 0.6 is 0 Å². The molecule has 1 amide bonds. The molecular weight excluding hydrogens is 238 g/mol. The van der Waals surface area contributed by atoms with Crippen molar-refractivity contribution >= 4 is 5.91 Å². The van der Waals surface area contributed by atoms with Gasteiger partial charge in [-0.05, 0) is 37.2 Å². The number of rotatable bonds is 9. The van der Waals surface area contributed by atoms with Crippen LogP contribution in [0.15, 0.2) is 30.3 Å². The lowest BCUT2D eigenvalue weighted by molar-refractivity contribution is -0.121. The first-order valence-corrected chi connectivity index (χ1v) is 7.23. The van der Waals surface area contributed by atoms with Crippen molar-refractivity contribution in [2.75, 3.05) is 19.8 Å². The van der Waals surface area contributed by atoms with Gasteiger partial charge in [0.2, 0.25) is 5.91 Å². The number of ether oxygens (including phenoxy) is 1. The van der Waals surface area contributed by atoms with Crippen LogP contribution in [-0.2, 0) is 16.0 Å². The van der Waals surface area contributed by atoms with Crippen LogP contribution in [0.4, 0.5) is 0 Å². The van der Waals surface area contributed by atoms with Crippen LogP contribution < -0.4 is 5.32 Å². The molecule has 1 aromatic rings. The van der Waals surface area contributed by atoms with Gasteiger partial charge in [0.05, 0.1) is 0 Å². The average molecular weight is 261 g/mol. The number of benzene rings is 1. The molecule has 1 saturated carbocycles. The van der Waals surface area contributed by atoms with Crippen molar-refractivity contribution in [1.29, 1.82) is 0 Å². The Bertz CT molecular complexity index is 374. The van der Waals surface area contributed by atoms with Crippen LogP contribution in [0, 0.1) is 5.92 Å². The highest BCUT2D eigenvalue weighted by Crippen LogP contribution is 2.28. The van der Waals surface area contributed by atoms with E-state index < -0.39 is 0 Å². The minimum absolute atomic E-state index is 0.131. The van der Waals surface area contributed by atoms with Crippen LogP contribution in [0.25, 0.3) is 0 Å². The van der Waals surface area contributed by atoms with Gasteiger partial charge in [0.25, 0.3) is 0 Å². The molecule has 0 spiro atoms. The first-order chi connectivity index (χ1) is 9.34. The summed E-state index contributed by atoms with van der Waals surface area (Å²) in [5.74, 6) is 0.950. The first kappa shape index (κ1) is 14.1. The van der Waals surface area contributed by atoms with E-state index >= 15 is 0 Å². The van der Waals surface area contributed by atoms with Crippen molar-refractivity contribution in [3.05, 3.63) is 35.9 Å². The SMILES string of the molecule is O=C(CCc1ccccc1)NCCCOCC1CC1. The van der Waals surface area contributed by atoms with E-state index in [4.69, 9.17) is 4.74 Å². The monoisotopic (exact) mass is 261 g/mol. The van der Waals surface area contributed by atoms with E-state index in [2.05, 4.69) is 17.4 Å². The molecule has 2 rings (SSSR count).